The smallest absolute Gasteiger partial charge is 0.301 e. The second kappa shape index (κ2) is 6.29. The highest BCUT2D eigenvalue weighted by atomic mass is 32.2. The van der Waals surface area contributed by atoms with Gasteiger partial charge >= 0.3 is 10.2 Å². The zero-order chi connectivity index (χ0) is 14.7. The molecule has 21 heavy (non-hydrogen) atoms. The zero-order valence-electron chi connectivity index (χ0n) is 12.0. The van der Waals surface area contributed by atoms with E-state index in [2.05, 4.69) is 15.0 Å². The van der Waals surface area contributed by atoms with Crippen LogP contribution in [-0.2, 0) is 10.2 Å². The molecule has 1 atom stereocenters. The predicted octanol–water partition coefficient (Wildman–Crippen LogP) is 1.34. The maximum Gasteiger partial charge on any atom is 0.301 e. The van der Waals surface area contributed by atoms with Crippen LogP contribution in [-0.4, -0.2) is 42.9 Å². The van der Waals surface area contributed by atoms with Crippen molar-refractivity contribution < 1.29 is 8.42 Å². The summed E-state index contributed by atoms with van der Waals surface area (Å²) >= 11 is 0. The van der Waals surface area contributed by atoms with Gasteiger partial charge in [0.25, 0.3) is 0 Å². The highest BCUT2D eigenvalue weighted by Crippen LogP contribution is 2.24. The van der Waals surface area contributed by atoms with E-state index in [9.17, 15) is 8.42 Å². The Balaban J connectivity index is 1.68. The van der Waals surface area contributed by atoms with Crippen molar-refractivity contribution in [1.29, 1.82) is 0 Å². The minimum Gasteiger partial charge on any atom is -0.312 e. The molecule has 1 saturated carbocycles. The van der Waals surface area contributed by atoms with Crippen molar-refractivity contribution in [3.05, 3.63) is 24.5 Å². The zero-order valence-corrected chi connectivity index (χ0v) is 12.8. The molecule has 1 unspecified atom stereocenters. The van der Waals surface area contributed by atoms with Crippen LogP contribution in [0.25, 0.3) is 0 Å². The molecule has 0 spiro atoms. The van der Waals surface area contributed by atoms with Crippen LogP contribution in [0.2, 0.25) is 0 Å². The SMILES string of the molecule is O=S(=O)(Nc1ccncc1)N1CCCCC1CNC1CC1. The molecule has 116 valence electrons. The molecule has 2 heterocycles. The van der Waals surface area contributed by atoms with Crippen molar-refractivity contribution in [2.75, 3.05) is 17.8 Å². The van der Waals surface area contributed by atoms with Gasteiger partial charge in [0.1, 0.15) is 0 Å². The van der Waals surface area contributed by atoms with Gasteiger partial charge in [0.15, 0.2) is 0 Å². The minimum atomic E-state index is -3.50. The standard InChI is InChI=1S/C14H22N4O2S/c19-21(20,17-13-6-8-15-9-7-13)18-10-2-1-3-14(18)11-16-12-4-5-12/h6-9,12,14,16H,1-5,10-11H2,(H,15,17). The van der Waals surface area contributed by atoms with E-state index >= 15 is 0 Å². The normalized spacial score (nSPS) is 23.9. The second-order valence-corrected chi connectivity index (χ2v) is 7.41. The summed E-state index contributed by atoms with van der Waals surface area (Å²) in [5, 5.41) is 3.45. The molecule has 0 radical (unpaired) electrons. The van der Waals surface area contributed by atoms with Crippen LogP contribution in [0.1, 0.15) is 32.1 Å². The summed E-state index contributed by atoms with van der Waals surface area (Å²) in [6.45, 7) is 1.35. The average Bonchev–Trinajstić information content (AvgIpc) is 3.30. The summed E-state index contributed by atoms with van der Waals surface area (Å²) in [7, 11) is -3.50. The van der Waals surface area contributed by atoms with Crippen LogP contribution in [0, 0.1) is 0 Å². The lowest BCUT2D eigenvalue weighted by Crippen LogP contribution is -2.50. The van der Waals surface area contributed by atoms with Crippen molar-refractivity contribution >= 4 is 15.9 Å². The van der Waals surface area contributed by atoms with Gasteiger partial charge in [-0.05, 0) is 37.8 Å². The van der Waals surface area contributed by atoms with Gasteiger partial charge in [0.2, 0.25) is 0 Å². The highest BCUT2D eigenvalue weighted by Gasteiger charge is 2.33. The van der Waals surface area contributed by atoms with Crippen LogP contribution >= 0.6 is 0 Å². The maximum atomic E-state index is 12.6. The number of anilines is 1. The summed E-state index contributed by atoms with van der Waals surface area (Å²) in [5.74, 6) is 0. The Morgan fingerprint density at radius 2 is 1.95 bits per heavy atom. The topological polar surface area (TPSA) is 74.3 Å². The Kier molecular flexibility index (Phi) is 4.42. The first kappa shape index (κ1) is 14.7. The van der Waals surface area contributed by atoms with Crippen LogP contribution in [0.3, 0.4) is 0 Å². The van der Waals surface area contributed by atoms with Gasteiger partial charge in [0, 0.05) is 37.6 Å². The number of rotatable bonds is 6. The van der Waals surface area contributed by atoms with Crippen molar-refractivity contribution in [3.63, 3.8) is 0 Å². The van der Waals surface area contributed by atoms with E-state index in [1.807, 2.05) is 0 Å². The van der Waals surface area contributed by atoms with Crippen molar-refractivity contribution in [2.24, 2.45) is 0 Å². The number of pyridine rings is 1. The van der Waals surface area contributed by atoms with E-state index in [1.165, 1.54) is 12.8 Å². The van der Waals surface area contributed by atoms with Crippen LogP contribution < -0.4 is 10.0 Å². The molecule has 1 aromatic rings. The first-order chi connectivity index (χ1) is 10.1. The summed E-state index contributed by atoms with van der Waals surface area (Å²) in [6.07, 6.45) is 8.55. The van der Waals surface area contributed by atoms with Gasteiger partial charge in [-0.2, -0.15) is 12.7 Å². The highest BCUT2D eigenvalue weighted by molar-refractivity contribution is 7.90. The number of nitrogens with one attached hydrogen (secondary N) is 2. The van der Waals surface area contributed by atoms with E-state index in [0.717, 1.165) is 25.8 Å². The first-order valence-corrected chi connectivity index (χ1v) is 9.02. The predicted molar refractivity (Wildman–Crippen MR) is 82.1 cm³/mol. The van der Waals surface area contributed by atoms with E-state index < -0.39 is 10.2 Å². The summed E-state index contributed by atoms with van der Waals surface area (Å²) in [5.41, 5.74) is 0.560. The Morgan fingerprint density at radius 1 is 1.19 bits per heavy atom. The maximum absolute atomic E-state index is 12.6. The molecule has 2 N–H and O–H groups in total. The van der Waals surface area contributed by atoms with E-state index in [-0.39, 0.29) is 6.04 Å². The molecule has 1 aromatic heterocycles. The van der Waals surface area contributed by atoms with Crippen molar-refractivity contribution in [1.82, 2.24) is 14.6 Å². The molecule has 3 rings (SSSR count). The van der Waals surface area contributed by atoms with Gasteiger partial charge in [-0.3, -0.25) is 9.71 Å². The average molecular weight is 310 g/mol. The Hall–Kier alpha value is -1.18. The van der Waals surface area contributed by atoms with E-state index in [4.69, 9.17) is 0 Å². The monoisotopic (exact) mass is 310 g/mol. The quantitative estimate of drug-likeness (QED) is 0.831. The van der Waals surface area contributed by atoms with Gasteiger partial charge in [-0.25, -0.2) is 0 Å². The lowest BCUT2D eigenvalue weighted by molar-refractivity contribution is 0.246. The summed E-state index contributed by atoms with van der Waals surface area (Å²) < 4.78 is 29.5. The number of piperidine rings is 1. The molecule has 2 aliphatic rings. The third-order valence-electron chi connectivity index (χ3n) is 4.03. The minimum absolute atomic E-state index is 0.0543. The summed E-state index contributed by atoms with van der Waals surface area (Å²) in [6, 6.07) is 3.99. The molecule has 1 aliphatic heterocycles. The molecular formula is C14H22N4O2S. The number of hydrogen-bond acceptors (Lipinski definition) is 4. The molecule has 1 saturated heterocycles. The van der Waals surface area contributed by atoms with Crippen molar-refractivity contribution in [3.8, 4) is 0 Å². The second-order valence-electron chi connectivity index (χ2n) is 5.79. The Morgan fingerprint density at radius 3 is 2.67 bits per heavy atom. The largest absolute Gasteiger partial charge is 0.312 e. The van der Waals surface area contributed by atoms with Crippen molar-refractivity contribution in [2.45, 2.75) is 44.2 Å². The molecule has 0 amide bonds. The fraction of sp³-hybridized carbons (Fsp3) is 0.643. The number of aromatic nitrogens is 1. The number of hydrogen-bond donors (Lipinski definition) is 2. The fourth-order valence-electron chi connectivity index (χ4n) is 2.71. The fourth-order valence-corrected chi connectivity index (χ4v) is 4.21. The van der Waals surface area contributed by atoms with Gasteiger partial charge in [0.05, 0.1) is 5.69 Å². The third-order valence-corrected chi connectivity index (χ3v) is 5.62. The molecular weight excluding hydrogens is 288 g/mol. The van der Waals surface area contributed by atoms with Gasteiger partial charge in [-0.1, -0.05) is 6.42 Å². The van der Waals surface area contributed by atoms with Gasteiger partial charge < -0.3 is 5.32 Å². The molecule has 1 aliphatic carbocycles. The molecule has 6 nitrogen and oxygen atoms in total. The first-order valence-electron chi connectivity index (χ1n) is 7.58. The lowest BCUT2D eigenvalue weighted by Gasteiger charge is -2.34. The van der Waals surface area contributed by atoms with Gasteiger partial charge in [-0.15, -0.1) is 0 Å². The Bertz CT molecular complexity index is 560. The summed E-state index contributed by atoms with van der Waals surface area (Å²) in [4.78, 5) is 3.90. The third kappa shape index (κ3) is 3.93. The van der Waals surface area contributed by atoms with Crippen LogP contribution in [0.5, 0.6) is 0 Å². The number of nitrogens with zero attached hydrogens (tertiary/aromatic N) is 2. The van der Waals surface area contributed by atoms with E-state index in [0.29, 0.717) is 18.3 Å². The van der Waals surface area contributed by atoms with E-state index in [1.54, 1.807) is 28.8 Å². The Labute approximate surface area is 126 Å². The van der Waals surface area contributed by atoms with Crippen LogP contribution in [0.15, 0.2) is 24.5 Å². The molecule has 2 fully saturated rings. The lowest BCUT2D eigenvalue weighted by atomic mass is 10.1. The molecule has 0 aromatic carbocycles. The molecule has 0 bridgehead atoms. The van der Waals surface area contributed by atoms with Crippen LogP contribution in [0.4, 0.5) is 5.69 Å². The molecule has 7 heteroatoms.